The molecule has 0 saturated heterocycles. The van der Waals surface area contributed by atoms with E-state index in [2.05, 4.69) is 5.32 Å². The Bertz CT molecular complexity index is 799. The number of carbonyl (C=O) groups excluding carboxylic acids is 1. The molecule has 140 valence electrons. The summed E-state index contributed by atoms with van der Waals surface area (Å²) in [5.41, 5.74) is -0.524. The fourth-order valence-electron chi connectivity index (χ4n) is 2.06. The topological polar surface area (TPSA) is 47.6 Å². The molecule has 0 atom stereocenters. The van der Waals surface area contributed by atoms with Gasteiger partial charge in [0, 0.05) is 11.0 Å². The second-order valence-corrected chi connectivity index (χ2v) is 6.50. The van der Waals surface area contributed by atoms with Crippen LogP contribution in [-0.2, 0) is 11.0 Å². The lowest BCUT2D eigenvalue weighted by Gasteiger charge is -2.12. The average Bonchev–Trinajstić information content (AvgIpc) is 2.60. The number of hydrogen-bond donors (Lipinski definition) is 1. The van der Waals surface area contributed by atoms with E-state index in [1.54, 1.807) is 18.2 Å². The molecule has 0 bridgehead atoms. The lowest BCUT2D eigenvalue weighted by molar-refractivity contribution is -0.137. The quantitative estimate of drug-likeness (QED) is 0.679. The van der Waals surface area contributed by atoms with E-state index in [1.807, 2.05) is 0 Å². The van der Waals surface area contributed by atoms with Crippen molar-refractivity contribution in [3.05, 3.63) is 47.0 Å². The molecule has 9 heteroatoms. The lowest BCUT2D eigenvalue weighted by atomic mass is 10.2. The molecule has 0 radical (unpaired) electrons. The smallest absolute Gasteiger partial charge is 0.417 e. The summed E-state index contributed by atoms with van der Waals surface area (Å²) in [5, 5.41) is 2.27. The summed E-state index contributed by atoms with van der Waals surface area (Å²) < 4.78 is 48.9. The highest BCUT2D eigenvalue weighted by atomic mass is 35.5. The van der Waals surface area contributed by atoms with Crippen LogP contribution < -0.4 is 14.8 Å². The zero-order valence-electron chi connectivity index (χ0n) is 13.8. The summed E-state index contributed by atoms with van der Waals surface area (Å²) in [5.74, 6) is 0.487. The first-order valence-electron chi connectivity index (χ1n) is 7.26. The molecule has 0 aliphatic rings. The molecule has 0 aliphatic carbocycles. The van der Waals surface area contributed by atoms with Crippen molar-refractivity contribution in [2.24, 2.45) is 0 Å². The van der Waals surface area contributed by atoms with Gasteiger partial charge in [0.2, 0.25) is 5.91 Å². The Kier molecular flexibility index (Phi) is 6.66. The summed E-state index contributed by atoms with van der Waals surface area (Å²) in [6, 6.07) is 8.42. The second kappa shape index (κ2) is 8.55. The number of amides is 1. The first-order valence-corrected chi connectivity index (χ1v) is 8.62. The number of rotatable bonds is 6. The molecular weight excluding hydrogens is 391 g/mol. The minimum absolute atomic E-state index is 0.0840. The molecule has 2 aromatic carbocycles. The Morgan fingerprint density at radius 3 is 2.50 bits per heavy atom. The van der Waals surface area contributed by atoms with Gasteiger partial charge < -0.3 is 14.8 Å². The fourth-order valence-corrected chi connectivity index (χ4v) is 3.02. The maximum absolute atomic E-state index is 12.9. The molecule has 1 amide bonds. The second-order valence-electron chi connectivity index (χ2n) is 5.04. The van der Waals surface area contributed by atoms with Crippen molar-refractivity contribution in [2.45, 2.75) is 11.1 Å². The number of methoxy groups -OCH3 is 2. The monoisotopic (exact) mass is 405 g/mol. The standard InChI is InChI=1S/C17H15ClF3NO3S/c1-24-10-3-6-15(25-2)14(7-10)22-16(23)9-26-11-4-5-13(18)12(8-11)17(19,20)21/h3-8H,9H2,1-2H3,(H,22,23). The maximum atomic E-state index is 12.9. The van der Waals surface area contributed by atoms with Crippen LogP contribution in [0.2, 0.25) is 5.02 Å². The summed E-state index contributed by atoms with van der Waals surface area (Å²) in [4.78, 5) is 12.4. The van der Waals surface area contributed by atoms with Crippen molar-refractivity contribution in [1.29, 1.82) is 0 Å². The molecule has 0 fully saturated rings. The summed E-state index contributed by atoms with van der Waals surface area (Å²) in [7, 11) is 2.95. The van der Waals surface area contributed by atoms with Crippen molar-refractivity contribution in [3.63, 3.8) is 0 Å². The third-order valence-electron chi connectivity index (χ3n) is 3.29. The number of benzene rings is 2. The summed E-state index contributed by atoms with van der Waals surface area (Å²) in [6.07, 6.45) is -4.55. The van der Waals surface area contributed by atoms with E-state index in [9.17, 15) is 18.0 Å². The van der Waals surface area contributed by atoms with Crippen LogP contribution in [0.5, 0.6) is 11.5 Å². The molecule has 0 saturated carbocycles. The highest BCUT2D eigenvalue weighted by Crippen LogP contribution is 2.37. The van der Waals surface area contributed by atoms with Crippen LogP contribution in [0.15, 0.2) is 41.3 Å². The van der Waals surface area contributed by atoms with Gasteiger partial charge in [0.05, 0.1) is 36.2 Å². The third-order valence-corrected chi connectivity index (χ3v) is 4.62. The molecular formula is C17H15ClF3NO3S. The largest absolute Gasteiger partial charge is 0.497 e. The number of ether oxygens (including phenoxy) is 2. The Morgan fingerprint density at radius 2 is 1.88 bits per heavy atom. The predicted molar refractivity (Wildman–Crippen MR) is 95.4 cm³/mol. The predicted octanol–water partition coefficient (Wildman–Crippen LogP) is 5.11. The first kappa shape index (κ1) is 20.3. The number of nitrogens with one attached hydrogen (secondary N) is 1. The molecule has 4 nitrogen and oxygen atoms in total. The van der Waals surface area contributed by atoms with Crippen LogP contribution in [0, 0.1) is 0 Å². The molecule has 2 rings (SSSR count). The van der Waals surface area contributed by atoms with Crippen molar-refractivity contribution in [1.82, 2.24) is 0 Å². The molecule has 0 aromatic heterocycles. The van der Waals surface area contributed by atoms with Crippen LogP contribution in [0.4, 0.5) is 18.9 Å². The van der Waals surface area contributed by atoms with Crippen LogP contribution >= 0.6 is 23.4 Å². The molecule has 1 N–H and O–H groups in total. The van der Waals surface area contributed by atoms with Gasteiger partial charge in [-0.15, -0.1) is 11.8 Å². The zero-order valence-corrected chi connectivity index (χ0v) is 15.4. The average molecular weight is 406 g/mol. The van der Waals surface area contributed by atoms with Crippen LogP contribution in [0.1, 0.15) is 5.56 Å². The van der Waals surface area contributed by atoms with E-state index in [4.69, 9.17) is 21.1 Å². The van der Waals surface area contributed by atoms with Crippen LogP contribution in [0.3, 0.4) is 0 Å². The maximum Gasteiger partial charge on any atom is 0.417 e. The fraction of sp³-hybridized carbons (Fsp3) is 0.235. The van der Waals surface area contributed by atoms with Crippen molar-refractivity contribution in [2.75, 3.05) is 25.3 Å². The molecule has 0 spiro atoms. The van der Waals surface area contributed by atoms with E-state index in [0.717, 1.165) is 23.9 Å². The van der Waals surface area contributed by atoms with Crippen molar-refractivity contribution >= 4 is 35.0 Å². The number of alkyl halides is 3. The normalized spacial score (nSPS) is 11.2. The Balaban J connectivity index is 2.06. The molecule has 0 unspecified atom stereocenters. The van der Waals surface area contributed by atoms with Gasteiger partial charge in [-0.3, -0.25) is 4.79 Å². The van der Waals surface area contributed by atoms with Crippen molar-refractivity contribution in [3.8, 4) is 11.5 Å². The number of thioether (sulfide) groups is 1. The van der Waals surface area contributed by atoms with E-state index in [1.165, 1.54) is 20.3 Å². The summed E-state index contributed by atoms with van der Waals surface area (Å²) >= 11 is 6.55. The van der Waals surface area contributed by atoms with Crippen LogP contribution in [0.25, 0.3) is 0 Å². The Hall–Kier alpha value is -2.06. The SMILES string of the molecule is COc1ccc(OC)c(NC(=O)CSc2ccc(Cl)c(C(F)(F)F)c2)c1. The third kappa shape index (κ3) is 5.22. The van der Waals surface area contributed by atoms with E-state index >= 15 is 0 Å². The number of hydrogen-bond acceptors (Lipinski definition) is 4. The minimum Gasteiger partial charge on any atom is -0.497 e. The summed E-state index contributed by atoms with van der Waals surface area (Å²) in [6.45, 7) is 0. The number of anilines is 1. The minimum atomic E-state index is -4.55. The van der Waals surface area contributed by atoms with E-state index in [-0.39, 0.29) is 15.7 Å². The molecule has 26 heavy (non-hydrogen) atoms. The first-order chi connectivity index (χ1) is 12.2. The van der Waals surface area contributed by atoms with Gasteiger partial charge in [-0.05, 0) is 30.3 Å². The van der Waals surface area contributed by atoms with Gasteiger partial charge in [0.25, 0.3) is 0 Å². The van der Waals surface area contributed by atoms with E-state index in [0.29, 0.717) is 17.2 Å². The van der Waals surface area contributed by atoms with Gasteiger partial charge in [0.1, 0.15) is 11.5 Å². The Morgan fingerprint density at radius 1 is 1.15 bits per heavy atom. The van der Waals surface area contributed by atoms with E-state index < -0.39 is 17.6 Å². The highest BCUT2D eigenvalue weighted by molar-refractivity contribution is 8.00. The van der Waals surface area contributed by atoms with Gasteiger partial charge in [-0.1, -0.05) is 11.6 Å². The number of halogens is 4. The van der Waals surface area contributed by atoms with Gasteiger partial charge >= 0.3 is 6.18 Å². The van der Waals surface area contributed by atoms with Gasteiger partial charge in [0.15, 0.2) is 0 Å². The van der Waals surface area contributed by atoms with Crippen LogP contribution in [-0.4, -0.2) is 25.9 Å². The van der Waals surface area contributed by atoms with Gasteiger partial charge in [-0.25, -0.2) is 0 Å². The molecule has 0 aliphatic heterocycles. The highest BCUT2D eigenvalue weighted by Gasteiger charge is 2.33. The van der Waals surface area contributed by atoms with Gasteiger partial charge in [-0.2, -0.15) is 13.2 Å². The number of carbonyl (C=O) groups is 1. The lowest BCUT2D eigenvalue weighted by Crippen LogP contribution is -2.15. The Labute approximate surface area is 157 Å². The van der Waals surface area contributed by atoms with Crippen molar-refractivity contribution < 1.29 is 27.4 Å². The molecule has 2 aromatic rings. The zero-order chi connectivity index (χ0) is 19.3. The molecule has 0 heterocycles.